The van der Waals surface area contributed by atoms with Crippen molar-refractivity contribution in [2.24, 2.45) is 10.9 Å². The summed E-state index contributed by atoms with van der Waals surface area (Å²) in [6.45, 7) is 0. The van der Waals surface area contributed by atoms with Crippen LogP contribution in [0, 0.1) is 10.1 Å². The van der Waals surface area contributed by atoms with Crippen LogP contribution in [-0.2, 0) is 10.0 Å². The minimum atomic E-state index is -4.11. The lowest BCUT2D eigenvalue weighted by Crippen LogP contribution is -2.21. The van der Waals surface area contributed by atoms with Gasteiger partial charge in [-0.1, -0.05) is 17.4 Å². The third-order valence-electron chi connectivity index (χ3n) is 2.60. The number of nitrogens with two attached hydrogens (primary N) is 2. The number of primary sulfonamides is 1. The number of nitrogens with zero attached hydrogens (tertiary/aromatic N) is 3. The van der Waals surface area contributed by atoms with Gasteiger partial charge in [0.05, 0.1) is 10.5 Å². The molecule has 0 atom stereocenters. The molecule has 2 amide bonds. The van der Waals surface area contributed by atoms with Crippen molar-refractivity contribution in [1.82, 2.24) is 10.2 Å². The first-order valence-electron chi connectivity index (χ1n) is 5.86. The first kappa shape index (κ1) is 17.4. The number of primary amides is 1. The Morgan fingerprint density at radius 2 is 1.96 bits per heavy atom. The molecule has 12 nitrogen and oxygen atoms in total. The SMILES string of the molecule is NC(=O)c1cccc([N+](=O)[O-])c1C(=O)Nc1nnc(S(N)(=O)=O)s1. The minimum absolute atomic E-state index is 0.280. The summed E-state index contributed by atoms with van der Waals surface area (Å²) in [6.07, 6.45) is 0. The summed E-state index contributed by atoms with van der Waals surface area (Å²) in [4.78, 5) is 33.8. The quantitative estimate of drug-likeness (QED) is 0.352. The molecule has 5 N–H and O–H groups in total. The van der Waals surface area contributed by atoms with E-state index in [0.717, 1.165) is 12.1 Å². The van der Waals surface area contributed by atoms with E-state index in [4.69, 9.17) is 10.9 Å². The van der Waals surface area contributed by atoms with Crippen LogP contribution in [0.1, 0.15) is 20.7 Å². The third kappa shape index (κ3) is 3.50. The van der Waals surface area contributed by atoms with E-state index in [1.165, 1.54) is 6.07 Å². The largest absolute Gasteiger partial charge is 0.366 e. The molecule has 1 aromatic carbocycles. The number of benzene rings is 1. The number of hydrogen-bond acceptors (Lipinski definition) is 9. The zero-order valence-electron chi connectivity index (χ0n) is 11.5. The predicted molar refractivity (Wildman–Crippen MR) is 80.8 cm³/mol. The smallest absolute Gasteiger partial charge is 0.282 e. The topological polar surface area (TPSA) is 201 Å². The zero-order chi connectivity index (χ0) is 18.1. The van der Waals surface area contributed by atoms with Crippen molar-refractivity contribution in [3.05, 3.63) is 39.4 Å². The van der Waals surface area contributed by atoms with Crippen LogP contribution in [0.15, 0.2) is 22.5 Å². The second-order valence-corrected chi connectivity index (χ2v) is 6.91. The van der Waals surface area contributed by atoms with E-state index in [1.807, 2.05) is 0 Å². The fraction of sp³-hybridized carbons (Fsp3) is 0. The van der Waals surface area contributed by atoms with Crippen LogP contribution in [0.3, 0.4) is 0 Å². The summed E-state index contributed by atoms with van der Waals surface area (Å²) in [6, 6.07) is 3.34. The number of nitro benzene ring substituents is 1. The van der Waals surface area contributed by atoms with E-state index in [1.54, 1.807) is 0 Å². The van der Waals surface area contributed by atoms with Gasteiger partial charge in [-0.05, 0) is 6.07 Å². The van der Waals surface area contributed by atoms with Gasteiger partial charge in [-0.15, -0.1) is 10.2 Å². The van der Waals surface area contributed by atoms with E-state index in [-0.39, 0.29) is 10.7 Å². The van der Waals surface area contributed by atoms with E-state index in [9.17, 15) is 28.1 Å². The molecule has 0 bridgehead atoms. The molecule has 0 fully saturated rings. The number of rotatable bonds is 5. The summed E-state index contributed by atoms with van der Waals surface area (Å²) in [5, 5.41) is 24.4. The number of sulfonamides is 1. The normalized spacial score (nSPS) is 11.0. The van der Waals surface area contributed by atoms with Crippen molar-refractivity contribution in [2.45, 2.75) is 4.34 Å². The van der Waals surface area contributed by atoms with Gasteiger partial charge in [-0.3, -0.25) is 25.0 Å². The maximum Gasteiger partial charge on any atom is 0.282 e. The monoisotopic (exact) mass is 372 g/mol. The lowest BCUT2D eigenvalue weighted by molar-refractivity contribution is -0.385. The summed E-state index contributed by atoms with van der Waals surface area (Å²) < 4.78 is 21.7. The number of carbonyl (C=O) groups excluding carboxylic acids is 2. The van der Waals surface area contributed by atoms with Crippen molar-refractivity contribution >= 4 is 44.0 Å². The average molecular weight is 372 g/mol. The average Bonchev–Trinajstić information content (AvgIpc) is 2.94. The maximum atomic E-state index is 12.3. The lowest BCUT2D eigenvalue weighted by atomic mass is 10.0. The Labute approximate surface area is 137 Å². The van der Waals surface area contributed by atoms with Gasteiger partial charge in [0, 0.05) is 6.07 Å². The van der Waals surface area contributed by atoms with Crippen molar-refractivity contribution in [2.75, 3.05) is 5.32 Å². The highest BCUT2D eigenvalue weighted by Gasteiger charge is 2.27. The predicted octanol–water partition coefficient (Wildman–Crippen LogP) is -0.555. The Balaban J connectivity index is 2.45. The molecule has 0 aliphatic rings. The lowest BCUT2D eigenvalue weighted by Gasteiger charge is -2.06. The van der Waals surface area contributed by atoms with E-state index in [2.05, 4.69) is 15.5 Å². The van der Waals surface area contributed by atoms with Crippen LogP contribution in [0.5, 0.6) is 0 Å². The van der Waals surface area contributed by atoms with Crippen LogP contribution in [0.25, 0.3) is 0 Å². The van der Waals surface area contributed by atoms with Gasteiger partial charge in [0.25, 0.3) is 21.6 Å². The zero-order valence-corrected chi connectivity index (χ0v) is 13.1. The van der Waals surface area contributed by atoms with Crippen LogP contribution in [-0.4, -0.2) is 35.4 Å². The van der Waals surface area contributed by atoms with Gasteiger partial charge < -0.3 is 5.73 Å². The highest BCUT2D eigenvalue weighted by molar-refractivity contribution is 7.91. The Morgan fingerprint density at radius 1 is 1.29 bits per heavy atom. The van der Waals surface area contributed by atoms with E-state index in [0.29, 0.717) is 11.3 Å². The number of amides is 2. The maximum absolute atomic E-state index is 12.3. The first-order chi connectivity index (χ1) is 11.1. The highest BCUT2D eigenvalue weighted by atomic mass is 32.2. The number of aromatic nitrogens is 2. The van der Waals surface area contributed by atoms with Crippen LogP contribution in [0.2, 0.25) is 0 Å². The highest BCUT2D eigenvalue weighted by Crippen LogP contribution is 2.25. The summed E-state index contributed by atoms with van der Waals surface area (Å²) in [5.41, 5.74) is 3.50. The third-order valence-corrected chi connectivity index (χ3v) is 4.75. The van der Waals surface area contributed by atoms with Crippen molar-refractivity contribution in [1.29, 1.82) is 0 Å². The van der Waals surface area contributed by atoms with Crippen molar-refractivity contribution < 1.29 is 22.9 Å². The van der Waals surface area contributed by atoms with Gasteiger partial charge in [0.2, 0.25) is 15.4 Å². The molecule has 0 saturated heterocycles. The van der Waals surface area contributed by atoms with Crippen LogP contribution < -0.4 is 16.2 Å². The molecular weight excluding hydrogens is 364 g/mol. The fourth-order valence-electron chi connectivity index (χ4n) is 1.67. The molecule has 0 spiro atoms. The van der Waals surface area contributed by atoms with E-state index >= 15 is 0 Å². The first-order valence-corrected chi connectivity index (χ1v) is 8.22. The van der Waals surface area contributed by atoms with Gasteiger partial charge in [-0.25, -0.2) is 13.6 Å². The van der Waals surface area contributed by atoms with Crippen molar-refractivity contribution in [3.63, 3.8) is 0 Å². The number of hydrogen-bond donors (Lipinski definition) is 3. The van der Waals surface area contributed by atoms with E-state index < -0.39 is 42.4 Å². The number of anilines is 1. The molecule has 0 radical (unpaired) electrons. The molecular formula is C10H8N6O6S2. The molecule has 14 heteroatoms. The van der Waals surface area contributed by atoms with Crippen LogP contribution in [0.4, 0.5) is 10.8 Å². The Hall–Kier alpha value is -2.97. The summed E-state index contributed by atoms with van der Waals surface area (Å²) in [7, 11) is -4.11. The van der Waals surface area contributed by atoms with Crippen molar-refractivity contribution in [3.8, 4) is 0 Å². The minimum Gasteiger partial charge on any atom is -0.366 e. The molecule has 0 saturated carbocycles. The molecule has 126 valence electrons. The number of nitrogens with one attached hydrogen (secondary N) is 1. The molecule has 0 unspecified atom stereocenters. The Bertz CT molecular complexity index is 920. The van der Waals surface area contributed by atoms with Gasteiger partial charge >= 0.3 is 0 Å². The Kier molecular flexibility index (Phi) is 4.54. The van der Waals surface area contributed by atoms with Crippen LogP contribution >= 0.6 is 11.3 Å². The molecule has 1 aromatic heterocycles. The molecule has 0 aliphatic heterocycles. The second-order valence-electron chi connectivity index (χ2n) is 4.19. The van der Waals surface area contributed by atoms with Gasteiger partial charge in [0.1, 0.15) is 5.56 Å². The summed E-state index contributed by atoms with van der Waals surface area (Å²) >= 11 is 0.438. The second kappa shape index (κ2) is 6.26. The van der Waals surface area contributed by atoms with Gasteiger partial charge in [0.15, 0.2) is 0 Å². The fourth-order valence-corrected chi connectivity index (χ4v) is 3.00. The Morgan fingerprint density at radius 3 is 2.46 bits per heavy atom. The number of carbonyl (C=O) groups is 2. The molecule has 1 heterocycles. The molecule has 2 rings (SSSR count). The van der Waals surface area contributed by atoms with Gasteiger partial charge in [-0.2, -0.15) is 0 Å². The summed E-state index contributed by atoms with van der Waals surface area (Å²) in [5.74, 6) is -2.13. The standard InChI is InChI=1S/C10H8N6O6S2/c11-7(17)4-2-1-3-5(16(19)20)6(4)8(18)13-9-14-15-10(23-9)24(12,21)22/h1-3H,(H2,11,17)(H2,12,21,22)(H,13,14,18). The number of nitro groups is 1. The molecule has 0 aliphatic carbocycles. The molecule has 2 aromatic rings. The molecule has 24 heavy (non-hydrogen) atoms.